The van der Waals surface area contributed by atoms with E-state index in [2.05, 4.69) is 34.3 Å². The molecule has 6 nitrogen and oxygen atoms in total. The summed E-state index contributed by atoms with van der Waals surface area (Å²) in [5.41, 5.74) is 3.96. The summed E-state index contributed by atoms with van der Waals surface area (Å²) in [7, 11) is 1.60. The van der Waals surface area contributed by atoms with Crippen LogP contribution in [0, 0.1) is 0 Å². The molecule has 0 saturated heterocycles. The molecule has 1 aliphatic heterocycles. The molecule has 2 amide bonds. The summed E-state index contributed by atoms with van der Waals surface area (Å²) in [5, 5.41) is 4.11. The van der Waals surface area contributed by atoms with E-state index in [9.17, 15) is 9.59 Å². The van der Waals surface area contributed by atoms with Crippen LogP contribution in [0.4, 0.5) is 5.69 Å². The van der Waals surface area contributed by atoms with Gasteiger partial charge in [-0.05, 0) is 48.4 Å². The van der Waals surface area contributed by atoms with Crippen LogP contribution in [0.5, 0.6) is 5.75 Å². The summed E-state index contributed by atoms with van der Waals surface area (Å²) < 4.78 is 7.29. The number of anilines is 1. The third-order valence-electron chi connectivity index (χ3n) is 6.28. The second-order valence-corrected chi connectivity index (χ2v) is 9.42. The van der Waals surface area contributed by atoms with Crippen molar-refractivity contribution in [1.82, 2.24) is 9.88 Å². The minimum Gasteiger partial charge on any atom is -0.497 e. The highest BCUT2D eigenvalue weighted by Gasteiger charge is 2.24. The van der Waals surface area contributed by atoms with Gasteiger partial charge in [0.25, 0.3) is 5.91 Å². The summed E-state index contributed by atoms with van der Waals surface area (Å²) >= 11 is 1.57. The van der Waals surface area contributed by atoms with Gasteiger partial charge in [0.1, 0.15) is 5.75 Å². The average Bonchev–Trinajstić information content (AvgIpc) is 3.49. The molecule has 0 fully saturated rings. The first-order chi connectivity index (χ1) is 17.1. The Morgan fingerprint density at radius 3 is 2.60 bits per heavy atom. The molecule has 0 aliphatic carbocycles. The lowest BCUT2D eigenvalue weighted by Crippen LogP contribution is -2.30. The second kappa shape index (κ2) is 10.3. The molecule has 1 N–H and O–H groups in total. The van der Waals surface area contributed by atoms with E-state index in [1.54, 1.807) is 43.1 Å². The molecule has 4 aromatic rings. The Morgan fingerprint density at radius 2 is 1.77 bits per heavy atom. The van der Waals surface area contributed by atoms with Crippen LogP contribution in [-0.2, 0) is 17.8 Å². The number of hydrogen-bond donors (Lipinski definition) is 1. The lowest BCUT2D eigenvalue weighted by molar-refractivity contribution is -0.116. The number of para-hydroxylation sites is 2. The molecule has 0 atom stereocenters. The van der Waals surface area contributed by atoms with E-state index in [1.165, 1.54) is 5.56 Å². The van der Waals surface area contributed by atoms with Gasteiger partial charge in [-0.2, -0.15) is 0 Å². The van der Waals surface area contributed by atoms with E-state index in [1.807, 2.05) is 35.2 Å². The SMILES string of the molecule is COc1ccc(C(=O)NCCn2cc(SCC(=O)N3CCc4ccccc43)c3ccccc32)cc1. The summed E-state index contributed by atoms with van der Waals surface area (Å²) in [4.78, 5) is 28.4. The zero-order valence-electron chi connectivity index (χ0n) is 19.6. The van der Waals surface area contributed by atoms with Gasteiger partial charge >= 0.3 is 0 Å². The molecule has 0 bridgehead atoms. The first-order valence-corrected chi connectivity index (χ1v) is 12.6. The maximum atomic E-state index is 13.0. The van der Waals surface area contributed by atoms with Crippen LogP contribution in [0.25, 0.3) is 10.9 Å². The van der Waals surface area contributed by atoms with E-state index in [-0.39, 0.29) is 11.8 Å². The standard InChI is InChI=1S/C28H27N3O3S/c1-34-22-12-10-21(11-13-22)28(33)29-15-17-30-18-26(23-7-3-5-9-25(23)30)35-19-27(32)31-16-14-20-6-2-4-8-24(20)31/h2-13,18H,14-17,19H2,1H3,(H,29,33). The smallest absolute Gasteiger partial charge is 0.251 e. The van der Waals surface area contributed by atoms with Crippen LogP contribution in [0.2, 0.25) is 0 Å². The highest BCUT2D eigenvalue weighted by molar-refractivity contribution is 8.00. The highest BCUT2D eigenvalue weighted by Crippen LogP contribution is 2.32. The lowest BCUT2D eigenvalue weighted by Gasteiger charge is -2.16. The zero-order chi connectivity index (χ0) is 24.2. The fraction of sp³-hybridized carbons (Fsp3) is 0.214. The predicted molar refractivity (Wildman–Crippen MR) is 140 cm³/mol. The van der Waals surface area contributed by atoms with Crippen LogP contribution in [0.3, 0.4) is 0 Å². The van der Waals surface area contributed by atoms with Crippen LogP contribution in [-0.4, -0.2) is 42.3 Å². The number of thioether (sulfide) groups is 1. The van der Waals surface area contributed by atoms with Gasteiger partial charge < -0.3 is 19.5 Å². The fourth-order valence-corrected chi connectivity index (χ4v) is 5.43. The van der Waals surface area contributed by atoms with Crippen molar-refractivity contribution < 1.29 is 14.3 Å². The van der Waals surface area contributed by atoms with Gasteiger partial charge in [-0.1, -0.05) is 36.4 Å². The maximum absolute atomic E-state index is 13.0. The molecule has 0 spiro atoms. The van der Waals surface area contributed by atoms with E-state index in [0.29, 0.717) is 24.4 Å². The Hall–Kier alpha value is -3.71. The van der Waals surface area contributed by atoms with Crippen molar-refractivity contribution in [3.63, 3.8) is 0 Å². The second-order valence-electron chi connectivity index (χ2n) is 8.40. The van der Waals surface area contributed by atoms with E-state index >= 15 is 0 Å². The lowest BCUT2D eigenvalue weighted by atomic mass is 10.2. The molecule has 2 heterocycles. The summed E-state index contributed by atoms with van der Waals surface area (Å²) in [5.74, 6) is 1.12. The van der Waals surface area contributed by atoms with Crippen molar-refractivity contribution >= 4 is 40.2 Å². The van der Waals surface area contributed by atoms with Gasteiger partial charge in [-0.25, -0.2) is 0 Å². The number of carbonyl (C=O) groups excluding carboxylic acids is 2. The number of amides is 2. The number of methoxy groups -OCH3 is 1. The monoisotopic (exact) mass is 485 g/mol. The zero-order valence-corrected chi connectivity index (χ0v) is 20.4. The number of fused-ring (bicyclic) bond motifs is 2. The van der Waals surface area contributed by atoms with Gasteiger partial charge in [-0.3, -0.25) is 9.59 Å². The Labute approximate surface area is 208 Å². The molecule has 0 unspecified atom stereocenters. The van der Waals surface area contributed by atoms with E-state index < -0.39 is 0 Å². The molecular formula is C28H27N3O3S. The molecule has 5 rings (SSSR count). The van der Waals surface area contributed by atoms with Gasteiger partial charge in [0.2, 0.25) is 5.91 Å². The molecule has 1 aliphatic rings. The highest BCUT2D eigenvalue weighted by atomic mass is 32.2. The van der Waals surface area contributed by atoms with E-state index in [4.69, 9.17) is 4.74 Å². The number of aromatic nitrogens is 1. The van der Waals surface area contributed by atoms with Gasteiger partial charge in [0.15, 0.2) is 0 Å². The molecule has 7 heteroatoms. The van der Waals surface area contributed by atoms with Crippen molar-refractivity contribution in [2.45, 2.75) is 17.9 Å². The number of hydrogen-bond acceptors (Lipinski definition) is 4. The summed E-state index contributed by atoms with van der Waals surface area (Å²) in [6, 6.07) is 23.4. The number of rotatable bonds is 8. The summed E-state index contributed by atoms with van der Waals surface area (Å²) in [6.45, 7) is 1.88. The fourth-order valence-electron chi connectivity index (χ4n) is 4.46. The van der Waals surface area contributed by atoms with Crippen molar-refractivity contribution in [2.75, 3.05) is 30.9 Å². The molecule has 3 aromatic carbocycles. The number of carbonyl (C=O) groups is 2. The van der Waals surface area contributed by atoms with Gasteiger partial charge in [0, 0.05) is 52.9 Å². The van der Waals surface area contributed by atoms with Crippen LogP contribution in [0.15, 0.2) is 83.9 Å². The Morgan fingerprint density at radius 1 is 1.00 bits per heavy atom. The van der Waals surface area contributed by atoms with Crippen molar-refractivity contribution in [1.29, 1.82) is 0 Å². The first kappa shape index (κ1) is 23.1. The topological polar surface area (TPSA) is 63.6 Å². The first-order valence-electron chi connectivity index (χ1n) is 11.7. The number of nitrogens with one attached hydrogen (secondary N) is 1. The Bertz CT molecular complexity index is 1360. The molecule has 0 saturated carbocycles. The minimum atomic E-state index is -0.116. The molecule has 1 aromatic heterocycles. The molecule has 178 valence electrons. The molecule has 0 radical (unpaired) electrons. The number of benzene rings is 3. The Kier molecular flexibility index (Phi) is 6.77. The molecular weight excluding hydrogens is 458 g/mol. The predicted octanol–water partition coefficient (Wildman–Crippen LogP) is 4.76. The maximum Gasteiger partial charge on any atom is 0.251 e. The third-order valence-corrected chi connectivity index (χ3v) is 7.31. The Balaban J connectivity index is 1.23. The van der Waals surface area contributed by atoms with Crippen molar-refractivity contribution in [3.05, 3.63) is 90.1 Å². The average molecular weight is 486 g/mol. The molecule has 35 heavy (non-hydrogen) atoms. The van der Waals surface area contributed by atoms with Crippen molar-refractivity contribution in [2.24, 2.45) is 0 Å². The number of ether oxygens (including phenoxy) is 1. The van der Waals surface area contributed by atoms with E-state index in [0.717, 1.165) is 40.2 Å². The normalized spacial score (nSPS) is 12.5. The largest absolute Gasteiger partial charge is 0.497 e. The quantitative estimate of drug-likeness (QED) is 0.366. The van der Waals surface area contributed by atoms with Gasteiger partial charge in [0.05, 0.1) is 12.9 Å². The van der Waals surface area contributed by atoms with Crippen LogP contribution < -0.4 is 15.0 Å². The van der Waals surface area contributed by atoms with Crippen LogP contribution in [0.1, 0.15) is 15.9 Å². The van der Waals surface area contributed by atoms with Crippen LogP contribution >= 0.6 is 11.8 Å². The third kappa shape index (κ3) is 4.91. The summed E-state index contributed by atoms with van der Waals surface area (Å²) in [6.07, 6.45) is 2.99. The van der Waals surface area contributed by atoms with Crippen molar-refractivity contribution in [3.8, 4) is 5.75 Å². The minimum absolute atomic E-state index is 0.116. The van der Waals surface area contributed by atoms with Gasteiger partial charge in [-0.15, -0.1) is 11.8 Å². The number of nitrogens with zero attached hydrogens (tertiary/aromatic N) is 2.